The van der Waals surface area contributed by atoms with E-state index in [2.05, 4.69) is 17.2 Å². The summed E-state index contributed by atoms with van der Waals surface area (Å²) in [5.74, 6) is 0.682. The molecule has 0 spiro atoms. The van der Waals surface area contributed by atoms with Crippen molar-refractivity contribution in [3.05, 3.63) is 0 Å². The van der Waals surface area contributed by atoms with Gasteiger partial charge in [0.2, 0.25) is 0 Å². The normalized spacial score (nSPS) is 16.1. The van der Waals surface area contributed by atoms with E-state index in [9.17, 15) is 0 Å². The van der Waals surface area contributed by atoms with Crippen LogP contribution in [0.3, 0.4) is 0 Å². The lowest BCUT2D eigenvalue weighted by Gasteiger charge is -2.10. The van der Waals surface area contributed by atoms with E-state index in [-0.39, 0.29) is 0 Å². The van der Waals surface area contributed by atoms with Gasteiger partial charge in [-0.3, -0.25) is 0 Å². The van der Waals surface area contributed by atoms with Crippen molar-refractivity contribution in [1.29, 1.82) is 0 Å². The van der Waals surface area contributed by atoms with E-state index in [0.717, 1.165) is 32.1 Å². The zero-order valence-electron chi connectivity index (χ0n) is 9.63. The molecule has 0 aromatic rings. The molecule has 0 aliphatic heterocycles. The number of oxime groups is 2. The topological polar surface area (TPSA) is 65.2 Å². The molecule has 2 unspecified atom stereocenters. The molecule has 4 nitrogen and oxygen atoms in total. The highest BCUT2D eigenvalue weighted by Crippen LogP contribution is 2.15. The van der Waals surface area contributed by atoms with Crippen LogP contribution in [-0.4, -0.2) is 22.8 Å². The van der Waals surface area contributed by atoms with Crippen molar-refractivity contribution in [3.63, 3.8) is 0 Å². The summed E-state index contributed by atoms with van der Waals surface area (Å²) < 4.78 is 0. The van der Waals surface area contributed by atoms with Gasteiger partial charge in [0.25, 0.3) is 0 Å². The number of nitrogens with zero attached hydrogens (tertiary/aromatic N) is 2. The molecule has 4 heteroatoms. The van der Waals surface area contributed by atoms with Crippen LogP contribution in [0, 0.1) is 11.8 Å². The Balaban J connectivity index is 3.69. The van der Waals surface area contributed by atoms with Crippen LogP contribution in [0.5, 0.6) is 0 Å². The molecule has 0 heterocycles. The average Bonchev–Trinajstić information content (AvgIpc) is 2.19. The molecule has 2 atom stereocenters. The zero-order chi connectivity index (χ0) is 11.5. The van der Waals surface area contributed by atoms with Crippen LogP contribution in [-0.2, 0) is 0 Å². The Hall–Kier alpha value is -1.06. The van der Waals surface area contributed by atoms with Gasteiger partial charge in [0, 0.05) is 12.4 Å². The minimum atomic E-state index is 0.309. The van der Waals surface area contributed by atoms with Crippen LogP contribution < -0.4 is 0 Å². The first-order valence-electron chi connectivity index (χ1n) is 5.59. The van der Waals surface area contributed by atoms with Crippen LogP contribution in [0.15, 0.2) is 10.3 Å². The molecule has 0 aliphatic carbocycles. The molecule has 0 radical (unpaired) electrons. The summed E-state index contributed by atoms with van der Waals surface area (Å²) in [6.45, 7) is 4.15. The Kier molecular flexibility index (Phi) is 8.82. The fourth-order valence-corrected chi connectivity index (χ4v) is 1.65. The van der Waals surface area contributed by atoms with Crippen molar-refractivity contribution in [3.8, 4) is 0 Å². The SMILES string of the molecule is CCCC(C=NO)CCCC(C)C=NO. The summed E-state index contributed by atoms with van der Waals surface area (Å²) in [5.41, 5.74) is 0. The molecular formula is C11H22N2O2. The predicted octanol–water partition coefficient (Wildman–Crippen LogP) is 3.13. The molecule has 0 saturated heterocycles. The largest absolute Gasteiger partial charge is 0.411 e. The molecule has 0 aliphatic rings. The molecule has 0 saturated carbocycles. The third-order valence-corrected chi connectivity index (χ3v) is 2.49. The quantitative estimate of drug-likeness (QED) is 0.370. The third kappa shape index (κ3) is 7.97. The minimum absolute atomic E-state index is 0.309. The predicted molar refractivity (Wildman–Crippen MR) is 62.0 cm³/mol. The second-order valence-electron chi connectivity index (χ2n) is 3.99. The first-order valence-corrected chi connectivity index (χ1v) is 5.59. The first-order chi connectivity index (χ1) is 7.24. The van der Waals surface area contributed by atoms with E-state index in [1.54, 1.807) is 12.4 Å². The van der Waals surface area contributed by atoms with Gasteiger partial charge in [-0.2, -0.15) is 0 Å². The van der Waals surface area contributed by atoms with Gasteiger partial charge < -0.3 is 10.4 Å². The van der Waals surface area contributed by atoms with Gasteiger partial charge in [-0.05, 0) is 31.1 Å². The van der Waals surface area contributed by atoms with E-state index in [1.165, 1.54) is 0 Å². The van der Waals surface area contributed by atoms with E-state index in [1.807, 2.05) is 6.92 Å². The maximum atomic E-state index is 8.47. The second-order valence-corrected chi connectivity index (χ2v) is 3.99. The van der Waals surface area contributed by atoms with Gasteiger partial charge in [0.1, 0.15) is 0 Å². The molecule has 0 rings (SSSR count). The van der Waals surface area contributed by atoms with Crippen LogP contribution in [0.1, 0.15) is 46.0 Å². The molecule has 88 valence electrons. The van der Waals surface area contributed by atoms with Crippen molar-refractivity contribution < 1.29 is 10.4 Å². The van der Waals surface area contributed by atoms with Crippen molar-refractivity contribution in [2.75, 3.05) is 0 Å². The summed E-state index contributed by atoms with van der Waals surface area (Å²) in [6, 6.07) is 0. The minimum Gasteiger partial charge on any atom is -0.411 e. The fourth-order valence-electron chi connectivity index (χ4n) is 1.65. The zero-order valence-corrected chi connectivity index (χ0v) is 9.63. The van der Waals surface area contributed by atoms with Crippen LogP contribution in [0.2, 0.25) is 0 Å². The lowest BCUT2D eigenvalue weighted by molar-refractivity contribution is 0.316. The van der Waals surface area contributed by atoms with Gasteiger partial charge >= 0.3 is 0 Å². The summed E-state index contributed by atoms with van der Waals surface area (Å²) in [4.78, 5) is 0. The first kappa shape index (κ1) is 13.9. The summed E-state index contributed by atoms with van der Waals surface area (Å²) in [7, 11) is 0. The van der Waals surface area contributed by atoms with E-state index >= 15 is 0 Å². The van der Waals surface area contributed by atoms with E-state index in [0.29, 0.717) is 11.8 Å². The Morgan fingerprint density at radius 2 is 1.73 bits per heavy atom. The summed E-state index contributed by atoms with van der Waals surface area (Å²) >= 11 is 0. The molecule has 0 bridgehead atoms. The number of rotatable bonds is 8. The molecule has 0 aromatic heterocycles. The molecule has 15 heavy (non-hydrogen) atoms. The Bertz CT molecular complexity index is 193. The Morgan fingerprint density at radius 3 is 2.27 bits per heavy atom. The van der Waals surface area contributed by atoms with Crippen molar-refractivity contribution in [2.24, 2.45) is 22.1 Å². The number of hydrogen-bond donors (Lipinski definition) is 2. The monoisotopic (exact) mass is 214 g/mol. The van der Waals surface area contributed by atoms with Crippen molar-refractivity contribution in [2.45, 2.75) is 46.0 Å². The molecule has 2 N–H and O–H groups in total. The maximum absolute atomic E-state index is 8.47. The number of hydrogen-bond acceptors (Lipinski definition) is 4. The van der Waals surface area contributed by atoms with Gasteiger partial charge in [0.15, 0.2) is 0 Å². The molecule has 0 aromatic carbocycles. The molecule has 0 fully saturated rings. The lowest BCUT2D eigenvalue weighted by atomic mass is 9.95. The van der Waals surface area contributed by atoms with Crippen molar-refractivity contribution >= 4 is 12.4 Å². The molecule has 0 amide bonds. The average molecular weight is 214 g/mol. The summed E-state index contributed by atoms with van der Waals surface area (Å²) in [5, 5.41) is 22.9. The van der Waals surface area contributed by atoms with E-state index < -0.39 is 0 Å². The third-order valence-electron chi connectivity index (χ3n) is 2.49. The Labute approximate surface area is 91.7 Å². The van der Waals surface area contributed by atoms with Gasteiger partial charge in [0.05, 0.1) is 0 Å². The van der Waals surface area contributed by atoms with E-state index in [4.69, 9.17) is 10.4 Å². The van der Waals surface area contributed by atoms with Crippen molar-refractivity contribution in [1.82, 2.24) is 0 Å². The van der Waals surface area contributed by atoms with Crippen LogP contribution >= 0.6 is 0 Å². The highest BCUT2D eigenvalue weighted by atomic mass is 16.4. The van der Waals surface area contributed by atoms with Crippen LogP contribution in [0.25, 0.3) is 0 Å². The second kappa shape index (κ2) is 9.49. The van der Waals surface area contributed by atoms with Gasteiger partial charge in [-0.1, -0.05) is 26.7 Å². The van der Waals surface area contributed by atoms with Gasteiger partial charge in [-0.25, -0.2) is 0 Å². The maximum Gasteiger partial charge on any atom is 0.0466 e. The highest BCUT2D eigenvalue weighted by molar-refractivity contribution is 5.60. The van der Waals surface area contributed by atoms with Gasteiger partial charge in [-0.15, -0.1) is 10.3 Å². The fraction of sp³-hybridized carbons (Fsp3) is 0.818. The smallest absolute Gasteiger partial charge is 0.0466 e. The van der Waals surface area contributed by atoms with Crippen LogP contribution in [0.4, 0.5) is 0 Å². The lowest BCUT2D eigenvalue weighted by Crippen LogP contribution is -2.04. The summed E-state index contributed by atoms with van der Waals surface area (Å²) in [6.07, 6.45) is 8.43. The Morgan fingerprint density at radius 1 is 1.07 bits per heavy atom. The highest BCUT2D eigenvalue weighted by Gasteiger charge is 2.06. The molecular weight excluding hydrogens is 192 g/mol. The standard InChI is InChI=1S/C11H22N2O2/c1-3-5-11(9-13-15)7-4-6-10(2)8-12-14/h8-11,14-15H,3-7H2,1-2H3.